The first-order chi connectivity index (χ1) is 67.8. The van der Waals surface area contributed by atoms with Crippen molar-refractivity contribution in [2.45, 2.75) is 196 Å². The third-order valence-corrected chi connectivity index (χ3v) is 23.3. The molecule has 0 radical (unpaired) electrons. The first kappa shape index (κ1) is 122. The molecule has 2 aromatic rings. The van der Waals surface area contributed by atoms with Crippen LogP contribution in [0.5, 0.6) is 0 Å². The Morgan fingerprint density at radius 1 is 0.441 bits per heavy atom. The predicted molar refractivity (Wildman–Crippen MR) is 482 cm³/mol. The van der Waals surface area contributed by atoms with Gasteiger partial charge < -0.3 is 217 Å². The molecule has 5 heterocycles. The molecule has 0 saturated carbocycles. The Morgan fingerprint density at radius 2 is 0.755 bits per heavy atom. The Hall–Kier alpha value is -9.71. The molecule has 5 aliphatic rings. The number of nitrogens with zero attached hydrogens (tertiary/aromatic N) is 1. The summed E-state index contributed by atoms with van der Waals surface area (Å²) >= 11 is 0. The number of benzene rings is 2. The molecule has 2 aromatic carbocycles. The standard InChI is InChI=1S/C51H81N8O26P.C34H54N6O17/c1-28(64)55-40-44(72)42(70)34(22-61)84-48(40)81-15-13-79-11-9-52-46(74)30-17-31(47(75)53-10-12-80-14-16-82-49-41(56-29(2)65)45(73)43(71)35(23-62)85-49)19-33(18-30)58-38(68)20-54-36(66)6-5-32(21-60)57-37(67)7-8-39(69)59-24-50(3,26-63)51(4,25-59)27-83-86(76,77)78;1-17(43)38-25-29(48)27(46)22(15-41)56-33(25)54-9-7-52-5-3-36-31(50)19-11-20(13-21(12-19)40-24(45)14-35)32(51)37-4-6-53-8-10-55-34-26(39-18(2)44)30(49)28(47)23(16-42)57-34/h17-19,21,32,34-35,40-45,48-49,61-63,70-73H,5-16,20,22-27H2,1-4H3,(H,52,74)(H,53,75)(H,54,66)(H,55,64)(H,56,65)(H,57,67)(H,58,68)(H2,76,77,78);11-13,22-23,25-30,33-34,41-42,46-49H,3-10,14-16,35H2,1-2H3,(H,36,50)(H,37,51)(H,38,43)(H,39,44)(H,40,45)/p-1/t32-,34+,35+,40+,41+,42-,43-,44+,45+,48?,49?,50-,51+;22-,23-,25-,26-,27+,28+,29-,30-,33?,34?/m01/s1. The molecule has 57 nitrogen and oxygen atoms in total. The molecule has 0 aromatic heterocycles. The number of phosphoric ester groups is 1. The maximum Gasteiger partial charge on any atom is 0.265 e. The topological polar surface area (TPSA) is 856 Å². The van der Waals surface area contributed by atoms with E-state index in [0.717, 1.165) is 0 Å². The van der Waals surface area contributed by atoms with Gasteiger partial charge in [0.25, 0.3) is 31.5 Å². The average Bonchev–Trinajstić information content (AvgIpc) is 1.60. The van der Waals surface area contributed by atoms with Crippen LogP contribution in [-0.4, -0.2) is 459 Å². The third-order valence-electron chi connectivity index (χ3n) is 22.8. The first-order valence-corrected chi connectivity index (χ1v) is 46.9. The van der Waals surface area contributed by atoms with Crippen LogP contribution in [0.15, 0.2) is 36.4 Å². The minimum absolute atomic E-state index is 0.000813. The molecule has 5 unspecified atom stereocenters. The zero-order valence-electron chi connectivity index (χ0n) is 79.5. The normalized spacial score (nSPS) is 27.3. The lowest BCUT2D eigenvalue weighted by molar-refractivity contribution is -0.272. The van der Waals surface area contributed by atoms with E-state index in [1.807, 2.05) is 0 Å². The van der Waals surface area contributed by atoms with E-state index in [0.29, 0.717) is 6.29 Å². The number of aliphatic hydroxyl groups is 13. The second-order valence-electron chi connectivity index (χ2n) is 34.0. The minimum atomic E-state index is -5.11. The molecule has 0 aliphatic carbocycles. The molecule has 5 aliphatic heterocycles. The summed E-state index contributed by atoms with van der Waals surface area (Å²) in [4.78, 5) is 197. The van der Waals surface area contributed by atoms with Crippen LogP contribution in [-0.2, 0) is 114 Å². The summed E-state index contributed by atoms with van der Waals surface area (Å²) in [6.07, 6.45) is -22.5. The van der Waals surface area contributed by atoms with Crippen LogP contribution in [0.25, 0.3) is 0 Å². The summed E-state index contributed by atoms with van der Waals surface area (Å²) in [5, 5.41) is 160. The van der Waals surface area contributed by atoms with Crippen molar-refractivity contribution in [3.63, 3.8) is 0 Å². The Morgan fingerprint density at radius 3 is 1.04 bits per heavy atom. The molecule has 5 fully saturated rings. The number of nitrogens with one attached hydrogen (secondary N) is 12. The van der Waals surface area contributed by atoms with Gasteiger partial charge in [-0.2, -0.15) is 0 Å². The van der Waals surface area contributed by atoms with Gasteiger partial charge >= 0.3 is 0 Å². The van der Waals surface area contributed by atoms with Gasteiger partial charge in [-0.3, -0.25) is 66.9 Å². The van der Waals surface area contributed by atoms with E-state index in [-0.39, 0.29) is 184 Å². The van der Waals surface area contributed by atoms with Crippen molar-refractivity contribution < 1.29 is 209 Å². The zero-order chi connectivity index (χ0) is 106. The highest BCUT2D eigenvalue weighted by molar-refractivity contribution is 7.44. The number of aliphatic hydroxyl groups excluding tert-OH is 13. The number of aldehydes is 1. The van der Waals surface area contributed by atoms with Crippen LogP contribution < -0.4 is 74.4 Å². The number of ether oxygens (including phenoxy) is 12. The van der Waals surface area contributed by atoms with Crippen LogP contribution in [0, 0.1) is 10.8 Å². The van der Waals surface area contributed by atoms with Crippen LogP contribution in [0.3, 0.4) is 0 Å². The second kappa shape index (κ2) is 61.0. The van der Waals surface area contributed by atoms with E-state index >= 15 is 0 Å². The molecule has 7 rings (SSSR count). The summed E-state index contributed by atoms with van der Waals surface area (Å²) < 4.78 is 82.2. The van der Waals surface area contributed by atoms with Crippen molar-refractivity contribution in [2.75, 3.05) is 182 Å². The summed E-state index contributed by atoms with van der Waals surface area (Å²) in [7, 11) is -5.11. The van der Waals surface area contributed by atoms with Crippen LogP contribution in [0.4, 0.5) is 11.4 Å². The second-order valence-corrected chi connectivity index (χ2v) is 35.2. The summed E-state index contributed by atoms with van der Waals surface area (Å²) in [6, 6.07) is 1.96. The van der Waals surface area contributed by atoms with E-state index in [1.54, 1.807) is 13.8 Å². The van der Waals surface area contributed by atoms with Gasteiger partial charge in [-0.05, 0) is 42.8 Å². The summed E-state index contributed by atoms with van der Waals surface area (Å²) in [5.74, 6) is -8.08. The maximum absolute atomic E-state index is 13.5. The Bertz CT molecular complexity index is 4330. The zero-order valence-corrected chi connectivity index (χ0v) is 80.3. The number of phosphoric acid groups is 1. The maximum atomic E-state index is 13.5. The molecule has 808 valence electrons. The van der Waals surface area contributed by atoms with Gasteiger partial charge in [0, 0.05) is 131 Å². The van der Waals surface area contributed by atoms with Crippen LogP contribution in [0.2, 0.25) is 0 Å². The molecule has 13 amide bonds. The number of hydrogen-bond acceptors (Lipinski definition) is 43. The summed E-state index contributed by atoms with van der Waals surface area (Å²) in [5.41, 5.74) is 3.20. The Balaban J connectivity index is 0.000000475. The lowest BCUT2D eigenvalue weighted by atomic mass is 9.69. The molecule has 0 bridgehead atoms. The van der Waals surface area contributed by atoms with Crippen molar-refractivity contribution in [1.82, 2.24) is 58.1 Å². The fourth-order valence-electron chi connectivity index (χ4n) is 15.0. The molecule has 58 heteroatoms. The van der Waals surface area contributed by atoms with Gasteiger partial charge in [-0.25, -0.2) is 0 Å². The van der Waals surface area contributed by atoms with E-state index < -0.39 is 270 Å². The molecule has 28 N–H and O–H groups in total. The molecule has 143 heavy (non-hydrogen) atoms. The number of carbonyl (C=O) groups excluding carboxylic acids is 14. The van der Waals surface area contributed by atoms with Crippen molar-refractivity contribution in [3.05, 3.63) is 58.7 Å². The Kier molecular flexibility index (Phi) is 52.1. The monoisotopic (exact) mass is 2070 g/mol. The average molecular weight is 2070 g/mol. The quantitative estimate of drug-likeness (QED) is 0.0166. The van der Waals surface area contributed by atoms with Crippen LogP contribution >= 0.6 is 7.82 Å². The molecular formula is C85H134N14O43P-. The third kappa shape index (κ3) is 39.5. The number of anilines is 2. The van der Waals surface area contributed by atoms with E-state index in [1.165, 1.54) is 69.0 Å². The van der Waals surface area contributed by atoms with Gasteiger partial charge in [-0.1, -0.05) is 13.8 Å². The number of hydrogen-bond donors (Lipinski definition) is 27. The lowest BCUT2D eigenvalue weighted by Gasteiger charge is -2.42. The number of amides is 13. The molecule has 5 saturated heterocycles. The van der Waals surface area contributed by atoms with Crippen molar-refractivity contribution in [1.29, 1.82) is 0 Å². The smallest absolute Gasteiger partial charge is 0.265 e. The van der Waals surface area contributed by atoms with Gasteiger partial charge in [0.2, 0.25) is 53.2 Å². The number of nitrogens with two attached hydrogens (primary N) is 1. The first-order valence-electron chi connectivity index (χ1n) is 45.4. The fraction of sp³-hybridized carbons (Fsp3) is 0.694. The molecular weight excluding hydrogens is 1940 g/mol. The minimum Gasteiger partial charge on any atom is -0.756 e. The highest BCUT2D eigenvalue weighted by atomic mass is 31.2. The number of carbonyl (C=O) groups is 14. The number of rotatable bonds is 57. The highest BCUT2D eigenvalue weighted by Crippen LogP contribution is 2.49. The largest absolute Gasteiger partial charge is 0.756 e. The van der Waals surface area contributed by atoms with E-state index in [4.69, 9.17) is 67.5 Å². The van der Waals surface area contributed by atoms with E-state index in [9.17, 15) is 143 Å². The van der Waals surface area contributed by atoms with Crippen molar-refractivity contribution >= 4 is 102 Å². The number of likely N-dealkylation sites (tertiary alicyclic amines) is 1. The van der Waals surface area contributed by atoms with Gasteiger partial charge in [0.1, 0.15) is 104 Å². The summed E-state index contributed by atoms with van der Waals surface area (Å²) in [6.45, 7) is 2.54. The Labute approximate surface area is 819 Å². The van der Waals surface area contributed by atoms with E-state index in [2.05, 4.69) is 68.3 Å². The van der Waals surface area contributed by atoms with Gasteiger partial charge in [-0.15, -0.1) is 0 Å². The van der Waals surface area contributed by atoms with Crippen molar-refractivity contribution in [3.8, 4) is 0 Å². The van der Waals surface area contributed by atoms with Crippen molar-refractivity contribution in [2.24, 2.45) is 16.6 Å². The van der Waals surface area contributed by atoms with Crippen LogP contribution in [0.1, 0.15) is 109 Å². The van der Waals surface area contributed by atoms with Gasteiger partial charge in [0.15, 0.2) is 25.2 Å². The molecule has 0 spiro atoms. The van der Waals surface area contributed by atoms with Gasteiger partial charge in [0.05, 0.1) is 138 Å². The SMILES string of the molecule is CC(=O)N[C@H]1C(OCCOCCNC(=O)c2cc(NC(=O)CN)cc(C(=O)NCCOCCOC3O[C@H](CO)[C@H](O)[C@H](O)[C@H]3NC(C)=O)c2)O[C@H](CO)[C@H](O)[C@@H]1O.CC(=O)N[C@H]1C(OCCOCCNC(=O)c2cc(NC(=O)CNC(=O)CC[C@@H](C=O)NC(=O)CCC(=O)N3C[C@](C)(COP(=O)([O-])O)[C@](C)(CO)C3)cc(C(=O)NCCOCCOC3O[C@H](CO)[C@H](O)[C@H](O)[C@H]3NC(C)=O)c2)O[C@H](CO)[C@H](O)[C@@H]1O. The highest BCUT2D eigenvalue weighted by Gasteiger charge is 2.54. The fourth-order valence-corrected chi connectivity index (χ4v) is 15.4. The predicted octanol–water partition coefficient (Wildman–Crippen LogP) is -13.3. The molecule has 24 atom stereocenters. The lowest BCUT2D eigenvalue weighted by Crippen LogP contribution is -2.64.